The minimum atomic E-state index is -1.58. The molecule has 0 aliphatic rings. The van der Waals surface area contributed by atoms with Crippen LogP contribution in [0, 0.1) is 17.0 Å². The van der Waals surface area contributed by atoms with Crippen LogP contribution in [0.4, 0.5) is 8.78 Å². The van der Waals surface area contributed by atoms with E-state index in [0.29, 0.717) is 11.1 Å². The van der Waals surface area contributed by atoms with Gasteiger partial charge in [-0.1, -0.05) is 24.3 Å². The topological polar surface area (TPSA) is 141 Å². The average Bonchev–Trinajstić information content (AvgIpc) is 2.71. The van der Waals surface area contributed by atoms with E-state index in [1.54, 1.807) is 31.2 Å². The predicted molar refractivity (Wildman–Crippen MR) is 112 cm³/mol. The van der Waals surface area contributed by atoms with Gasteiger partial charge >= 0.3 is 0 Å². The van der Waals surface area contributed by atoms with Crippen LogP contribution in [0.2, 0.25) is 0 Å². The first kappa shape index (κ1) is 25.8. The Bertz CT molecular complexity index is 942. The van der Waals surface area contributed by atoms with Gasteiger partial charge in [0.25, 0.3) is 11.8 Å². The summed E-state index contributed by atoms with van der Waals surface area (Å²) in [6.45, 7) is 1.03. The maximum atomic E-state index is 14.8. The van der Waals surface area contributed by atoms with Gasteiger partial charge in [-0.2, -0.15) is 0 Å². The van der Waals surface area contributed by atoms with Crippen molar-refractivity contribution in [2.75, 3.05) is 13.2 Å². The lowest BCUT2D eigenvalue weighted by molar-refractivity contribution is -0.133. The van der Waals surface area contributed by atoms with Crippen LogP contribution < -0.4 is 21.5 Å². The highest BCUT2D eigenvalue weighted by Crippen LogP contribution is 2.30. The first-order valence-corrected chi connectivity index (χ1v) is 8.96. The maximum Gasteiger partial charge on any atom is 0.255 e. The van der Waals surface area contributed by atoms with Crippen LogP contribution in [0.1, 0.15) is 29.7 Å². The maximum absolute atomic E-state index is 14.8. The van der Waals surface area contributed by atoms with Crippen molar-refractivity contribution < 1.29 is 27.8 Å². The highest BCUT2D eigenvalue weighted by Gasteiger charge is 2.29. The summed E-state index contributed by atoms with van der Waals surface area (Å²) in [6.07, 6.45) is -1.58. The summed E-state index contributed by atoms with van der Waals surface area (Å²) in [5.74, 6) is -4.28. The average molecular weight is 457 g/mol. The second-order valence-electron chi connectivity index (χ2n) is 6.19. The van der Waals surface area contributed by atoms with Gasteiger partial charge in [-0.25, -0.2) is 8.78 Å². The number of hydrogen-bond acceptors (Lipinski definition) is 5. The Hall–Kier alpha value is -3.24. The van der Waals surface area contributed by atoms with E-state index in [0.717, 1.165) is 12.1 Å². The molecule has 2 rings (SSSR count). The quantitative estimate of drug-likeness (QED) is 0.319. The lowest BCUT2D eigenvalue weighted by Crippen LogP contribution is -2.32. The zero-order valence-electron chi connectivity index (χ0n) is 16.6. The molecule has 0 saturated heterocycles. The van der Waals surface area contributed by atoms with Gasteiger partial charge in [-0.15, -0.1) is 12.4 Å². The number of amides is 2. The van der Waals surface area contributed by atoms with Gasteiger partial charge in [0.15, 0.2) is 24.3 Å². The molecule has 6 N–H and O–H groups in total. The molecule has 2 amide bonds. The van der Waals surface area contributed by atoms with Gasteiger partial charge in [0.05, 0.1) is 5.56 Å². The number of halogens is 3. The molecule has 11 heteroatoms. The zero-order chi connectivity index (χ0) is 22.3. The number of nitrogen functional groups attached to an aromatic ring is 1. The molecule has 0 aliphatic carbocycles. The summed E-state index contributed by atoms with van der Waals surface area (Å²) in [5, 5.41) is 9.93. The number of rotatable bonds is 10. The molecular weight excluding hydrogens is 434 g/mol. The van der Waals surface area contributed by atoms with Gasteiger partial charge in [0, 0.05) is 18.7 Å². The van der Waals surface area contributed by atoms with Crippen molar-refractivity contribution in [3.05, 3.63) is 64.7 Å². The molecule has 0 bridgehead atoms. The number of amidine groups is 1. The van der Waals surface area contributed by atoms with E-state index in [-0.39, 0.29) is 31.4 Å². The second kappa shape index (κ2) is 11.8. The van der Waals surface area contributed by atoms with E-state index in [4.69, 9.17) is 26.4 Å². The summed E-state index contributed by atoms with van der Waals surface area (Å²) in [5.41, 5.74) is 10.9. The number of carbonyl (C=O) groups excluding carboxylic acids is 2. The van der Waals surface area contributed by atoms with E-state index in [2.05, 4.69) is 5.32 Å². The van der Waals surface area contributed by atoms with Crippen LogP contribution in [0.5, 0.6) is 5.75 Å². The lowest BCUT2D eigenvalue weighted by atomic mass is 10.1. The molecule has 0 aromatic heterocycles. The summed E-state index contributed by atoms with van der Waals surface area (Å²) < 4.78 is 39.4. The van der Waals surface area contributed by atoms with Crippen LogP contribution in [0.25, 0.3) is 0 Å². The number of nitrogens with two attached hydrogens (primary N) is 2. The van der Waals surface area contributed by atoms with Gasteiger partial charge in [0.1, 0.15) is 11.7 Å². The Morgan fingerprint density at radius 3 is 2.32 bits per heavy atom. The Kier molecular flexibility index (Phi) is 9.84. The molecule has 1 unspecified atom stereocenters. The van der Waals surface area contributed by atoms with Gasteiger partial charge in [0.2, 0.25) is 0 Å². The van der Waals surface area contributed by atoms with Gasteiger partial charge in [-0.3, -0.25) is 15.0 Å². The standard InChI is InChI=1S/C20H22F2N4O4.ClH/c1-2-29-18(16-13(21)7-8-14(17(16)22)30-10-15(23)27)20(28)26-9-11-3-5-12(6-4-11)19(24)25;/h3-8,18H,2,9-10H2,1H3,(H2,23,27)(H3,24,25)(H,26,28);1H. The fraction of sp³-hybridized carbons (Fsp3) is 0.250. The Balaban J connectivity index is 0.00000480. The van der Waals surface area contributed by atoms with E-state index in [9.17, 15) is 18.4 Å². The van der Waals surface area contributed by atoms with Crippen LogP contribution in [-0.4, -0.2) is 30.9 Å². The van der Waals surface area contributed by atoms with E-state index in [1.165, 1.54) is 0 Å². The molecule has 8 nitrogen and oxygen atoms in total. The van der Waals surface area contributed by atoms with Crippen molar-refractivity contribution >= 4 is 30.1 Å². The van der Waals surface area contributed by atoms with Crippen LogP contribution in [0.15, 0.2) is 36.4 Å². The fourth-order valence-electron chi connectivity index (χ4n) is 2.59. The van der Waals surface area contributed by atoms with E-state index >= 15 is 0 Å². The zero-order valence-corrected chi connectivity index (χ0v) is 17.4. The summed E-state index contributed by atoms with van der Waals surface area (Å²) in [4.78, 5) is 23.5. The van der Waals surface area contributed by atoms with Gasteiger partial charge < -0.3 is 26.3 Å². The Morgan fingerprint density at radius 2 is 1.77 bits per heavy atom. The minimum absolute atomic E-state index is 0. The summed E-state index contributed by atoms with van der Waals surface area (Å²) >= 11 is 0. The number of ether oxygens (including phenoxy) is 2. The number of benzene rings is 2. The molecule has 31 heavy (non-hydrogen) atoms. The molecule has 168 valence electrons. The number of primary amides is 1. The van der Waals surface area contributed by atoms with E-state index in [1.807, 2.05) is 0 Å². The highest BCUT2D eigenvalue weighted by atomic mass is 35.5. The molecule has 0 saturated carbocycles. The minimum Gasteiger partial charge on any atom is -0.481 e. The number of nitrogens with one attached hydrogen (secondary N) is 2. The van der Waals surface area contributed by atoms with Crippen molar-refractivity contribution in [2.45, 2.75) is 19.6 Å². The van der Waals surface area contributed by atoms with Crippen molar-refractivity contribution in [1.29, 1.82) is 5.41 Å². The predicted octanol–water partition coefficient (Wildman–Crippen LogP) is 1.93. The summed E-state index contributed by atoms with van der Waals surface area (Å²) in [6, 6.07) is 8.45. The molecule has 2 aromatic rings. The van der Waals surface area contributed by atoms with Crippen molar-refractivity contribution in [1.82, 2.24) is 5.32 Å². The van der Waals surface area contributed by atoms with Crippen LogP contribution >= 0.6 is 12.4 Å². The molecule has 0 heterocycles. The third-order valence-electron chi connectivity index (χ3n) is 4.03. The Morgan fingerprint density at radius 1 is 1.13 bits per heavy atom. The Labute approximate surface area is 183 Å². The highest BCUT2D eigenvalue weighted by molar-refractivity contribution is 5.94. The molecular formula is C20H23ClF2N4O4. The molecule has 0 radical (unpaired) electrons. The third-order valence-corrected chi connectivity index (χ3v) is 4.03. The molecule has 0 fully saturated rings. The molecule has 1 atom stereocenters. The number of carbonyl (C=O) groups is 2. The lowest BCUT2D eigenvalue weighted by Gasteiger charge is -2.19. The first-order valence-electron chi connectivity index (χ1n) is 8.96. The molecule has 0 aliphatic heterocycles. The van der Waals surface area contributed by atoms with Crippen LogP contribution in [0.3, 0.4) is 0 Å². The van der Waals surface area contributed by atoms with Crippen molar-refractivity contribution in [3.8, 4) is 5.75 Å². The van der Waals surface area contributed by atoms with Gasteiger partial charge in [-0.05, 0) is 24.6 Å². The summed E-state index contributed by atoms with van der Waals surface area (Å²) in [7, 11) is 0. The van der Waals surface area contributed by atoms with Crippen molar-refractivity contribution in [3.63, 3.8) is 0 Å². The monoisotopic (exact) mass is 456 g/mol. The first-order chi connectivity index (χ1) is 14.2. The van der Waals surface area contributed by atoms with Crippen molar-refractivity contribution in [2.24, 2.45) is 11.5 Å². The van der Waals surface area contributed by atoms with Crippen LogP contribution in [-0.2, 0) is 20.9 Å². The number of hydrogen-bond donors (Lipinski definition) is 4. The SMILES string of the molecule is CCOC(C(=O)NCc1ccc(C(=N)N)cc1)c1c(F)ccc(OCC(N)=O)c1F.Cl. The largest absolute Gasteiger partial charge is 0.481 e. The molecule has 2 aromatic carbocycles. The smallest absolute Gasteiger partial charge is 0.255 e. The van der Waals surface area contributed by atoms with E-state index < -0.39 is 47.5 Å². The third kappa shape index (κ3) is 6.90. The fourth-order valence-corrected chi connectivity index (χ4v) is 2.59. The normalized spacial score (nSPS) is 11.2. The second-order valence-corrected chi connectivity index (χ2v) is 6.19. The molecule has 0 spiro atoms.